The second-order valence-electron chi connectivity index (χ2n) is 5.31. The lowest BCUT2D eigenvalue weighted by atomic mass is 10.1. The number of aromatic nitrogens is 1. The van der Waals surface area contributed by atoms with Crippen molar-refractivity contribution in [2.75, 3.05) is 5.32 Å². The average Bonchev–Trinajstić information content (AvgIpc) is 2.96. The van der Waals surface area contributed by atoms with Gasteiger partial charge in [0.15, 0.2) is 0 Å². The van der Waals surface area contributed by atoms with Gasteiger partial charge in [-0.2, -0.15) is 8.78 Å². The number of H-pyrrole nitrogens is 1. The molecule has 0 atom stereocenters. The van der Waals surface area contributed by atoms with Crippen molar-refractivity contribution >= 4 is 22.5 Å². The molecule has 0 aliphatic heterocycles. The average molecular weight is 330 g/mol. The number of nitrogens with one attached hydrogen (secondary N) is 2. The molecule has 0 unspecified atom stereocenters. The van der Waals surface area contributed by atoms with Gasteiger partial charge in [-0.3, -0.25) is 4.79 Å². The summed E-state index contributed by atoms with van der Waals surface area (Å²) < 4.78 is 28.7. The van der Waals surface area contributed by atoms with E-state index < -0.39 is 6.61 Å². The van der Waals surface area contributed by atoms with Crippen LogP contribution in [-0.4, -0.2) is 17.5 Å². The fraction of sp³-hybridized carbons (Fsp3) is 0.167. The van der Waals surface area contributed by atoms with E-state index in [-0.39, 0.29) is 11.7 Å². The highest BCUT2D eigenvalue weighted by molar-refractivity contribution is 5.91. The molecule has 0 aliphatic rings. The number of aromatic amines is 1. The summed E-state index contributed by atoms with van der Waals surface area (Å²) in [6.45, 7) is -2.89. The Labute approximate surface area is 137 Å². The highest BCUT2D eigenvalue weighted by Gasteiger charge is 2.09. The topological polar surface area (TPSA) is 54.1 Å². The summed E-state index contributed by atoms with van der Waals surface area (Å²) in [6.07, 6.45) is 2.78. The summed E-state index contributed by atoms with van der Waals surface area (Å²) in [4.78, 5) is 15.2. The van der Waals surface area contributed by atoms with Gasteiger partial charge < -0.3 is 15.0 Å². The molecule has 3 aromatic rings. The number of halogens is 2. The van der Waals surface area contributed by atoms with Crippen molar-refractivity contribution in [3.05, 3.63) is 60.3 Å². The maximum absolute atomic E-state index is 12.2. The Hall–Kier alpha value is -2.89. The minimum atomic E-state index is -2.89. The molecule has 0 saturated carbocycles. The summed E-state index contributed by atoms with van der Waals surface area (Å²) in [7, 11) is 0. The van der Waals surface area contributed by atoms with E-state index in [9.17, 15) is 13.6 Å². The van der Waals surface area contributed by atoms with Crippen LogP contribution in [0.25, 0.3) is 10.9 Å². The molecule has 0 bridgehead atoms. The fourth-order valence-corrected chi connectivity index (χ4v) is 2.56. The first kappa shape index (κ1) is 16.0. The quantitative estimate of drug-likeness (QED) is 0.706. The lowest BCUT2D eigenvalue weighted by molar-refractivity contribution is -0.116. The smallest absolute Gasteiger partial charge is 0.387 e. The van der Waals surface area contributed by atoms with E-state index in [1.807, 2.05) is 30.5 Å². The molecule has 0 fully saturated rings. The minimum Gasteiger partial charge on any atom is -0.435 e. The molecule has 6 heteroatoms. The zero-order valence-corrected chi connectivity index (χ0v) is 12.8. The number of amides is 1. The third-order valence-corrected chi connectivity index (χ3v) is 3.64. The van der Waals surface area contributed by atoms with Crippen LogP contribution in [0.1, 0.15) is 12.0 Å². The second-order valence-corrected chi connectivity index (χ2v) is 5.31. The summed E-state index contributed by atoms with van der Waals surface area (Å²) in [5, 5.41) is 3.79. The second kappa shape index (κ2) is 7.12. The van der Waals surface area contributed by atoms with Gasteiger partial charge >= 0.3 is 6.61 Å². The van der Waals surface area contributed by atoms with Crippen molar-refractivity contribution in [3.63, 3.8) is 0 Å². The minimum absolute atomic E-state index is 0.0134. The molecule has 1 amide bonds. The maximum Gasteiger partial charge on any atom is 0.387 e. The number of hydrogen-bond donors (Lipinski definition) is 2. The molecule has 4 nitrogen and oxygen atoms in total. The van der Waals surface area contributed by atoms with Crippen LogP contribution >= 0.6 is 0 Å². The van der Waals surface area contributed by atoms with Crippen LogP contribution in [0.2, 0.25) is 0 Å². The molecule has 2 aromatic carbocycles. The Morgan fingerprint density at radius 1 is 1.17 bits per heavy atom. The first-order valence-electron chi connectivity index (χ1n) is 7.51. The van der Waals surface area contributed by atoms with E-state index in [2.05, 4.69) is 15.0 Å². The molecule has 3 rings (SSSR count). The third kappa shape index (κ3) is 3.90. The van der Waals surface area contributed by atoms with Crippen LogP contribution in [0.5, 0.6) is 5.75 Å². The van der Waals surface area contributed by atoms with E-state index in [0.717, 1.165) is 16.5 Å². The molecular weight excluding hydrogens is 314 g/mol. The monoisotopic (exact) mass is 330 g/mol. The highest BCUT2D eigenvalue weighted by Crippen LogP contribution is 2.21. The van der Waals surface area contributed by atoms with Crippen LogP contribution in [0.4, 0.5) is 14.5 Å². The highest BCUT2D eigenvalue weighted by atomic mass is 19.3. The summed E-state index contributed by atoms with van der Waals surface area (Å²) in [5.41, 5.74) is 2.53. The molecule has 124 valence electrons. The van der Waals surface area contributed by atoms with E-state index in [0.29, 0.717) is 18.5 Å². The maximum atomic E-state index is 12.2. The standard InChI is InChI=1S/C18H16F2N2O2/c19-18(20)24-14-5-3-4-13(10-14)22-17(23)9-8-12-11-21-16-7-2-1-6-15(12)16/h1-7,10-11,18,21H,8-9H2,(H,22,23). The predicted octanol–water partition coefficient (Wildman–Crippen LogP) is 4.34. The Bertz CT molecular complexity index is 846. The zero-order valence-electron chi connectivity index (χ0n) is 12.8. The fourth-order valence-electron chi connectivity index (χ4n) is 2.56. The van der Waals surface area contributed by atoms with Crippen molar-refractivity contribution in [3.8, 4) is 5.75 Å². The van der Waals surface area contributed by atoms with Crippen molar-refractivity contribution in [2.45, 2.75) is 19.5 Å². The predicted molar refractivity (Wildman–Crippen MR) is 88.3 cm³/mol. The van der Waals surface area contributed by atoms with Gasteiger partial charge in [-0.05, 0) is 30.2 Å². The number of anilines is 1. The number of carbonyl (C=O) groups is 1. The number of rotatable bonds is 6. The Morgan fingerprint density at radius 2 is 2.00 bits per heavy atom. The number of hydrogen-bond acceptors (Lipinski definition) is 2. The van der Waals surface area contributed by atoms with Gasteiger partial charge in [0.25, 0.3) is 0 Å². The molecule has 0 spiro atoms. The van der Waals surface area contributed by atoms with Gasteiger partial charge in [0.1, 0.15) is 5.75 Å². The Balaban J connectivity index is 1.60. The van der Waals surface area contributed by atoms with Crippen molar-refractivity contribution < 1.29 is 18.3 Å². The summed E-state index contributed by atoms with van der Waals surface area (Å²) >= 11 is 0. The van der Waals surface area contributed by atoms with Crippen LogP contribution in [0.3, 0.4) is 0 Å². The zero-order chi connectivity index (χ0) is 16.9. The first-order valence-corrected chi connectivity index (χ1v) is 7.51. The first-order chi connectivity index (χ1) is 11.6. The molecule has 0 saturated heterocycles. The Kier molecular flexibility index (Phi) is 4.74. The van der Waals surface area contributed by atoms with Crippen molar-refractivity contribution in [2.24, 2.45) is 0 Å². The molecular formula is C18H16F2N2O2. The van der Waals surface area contributed by atoms with Crippen LogP contribution in [0.15, 0.2) is 54.7 Å². The van der Waals surface area contributed by atoms with Gasteiger partial charge in [0.05, 0.1) is 0 Å². The normalized spacial score (nSPS) is 11.0. The Morgan fingerprint density at radius 3 is 2.83 bits per heavy atom. The number of para-hydroxylation sites is 1. The van der Waals surface area contributed by atoms with E-state index in [1.165, 1.54) is 12.1 Å². The molecule has 0 radical (unpaired) electrons. The number of aryl methyl sites for hydroxylation is 1. The van der Waals surface area contributed by atoms with E-state index in [1.54, 1.807) is 12.1 Å². The number of alkyl halides is 2. The molecule has 1 heterocycles. The van der Waals surface area contributed by atoms with Gasteiger partial charge in [0, 0.05) is 35.3 Å². The van der Waals surface area contributed by atoms with Crippen LogP contribution in [-0.2, 0) is 11.2 Å². The van der Waals surface area contributed by atoms with Crippen LogP contribution < -0.4 is 10.1 Å². The number of ether oxygens (including phenoxy) is 1. The SMILES string of the molecule is O=C(CCc1c[nH]c2ccccc12)Nc1cccc(OC(F)F)c1. The summed E-state index contributed by atoms with van der Waals surface area (Å²) in [5.74, 6) is -0.172. The van der Waals surface area contributed by atoms with Gasteiger partial charge in [0.2, 0.25) is 5.91 Å². The molecule has 0 aliphatic carbocycles. The van der Waals surface area contributed by atoms with Crippen molar-refractivity contribution in [1.29, 1.82) is 0 Å². The van der Waals surface area contributed by atoms with Crippen LogP contribution in [0, 0.1) is 0 Å². The lowest BCUT2D eigenvalue weighted by Crippen LogP contribution is -2.12. The van der Waals surface area contributed by atoms with Gasteiger partial charge in [-0.15, -0.1) is 0 Å². The lowest BCUT2D eigenvalue weighted by Gasteiger charge is -2.08. The molecule has 2 N–H and O–H groups in total. The van der Waals surface area contributed by atoms with Crippen molar-refractivity contribution in [1.82, 2.24) is 4.98 Å². The molecule has 1 aromatic heterocycles. The van der Waals surface area contributed by atoms with E-state index in [4.69, 9.17) is 0 Å². The number of fused-ring (bicyclic) bond motifs is 1. The van der Waals surface area contributed by atoms with Gasteiger partial charge in [-0.25, -0.2) is 0 Å². The van der Waals surface area contributed by atoms with E-state index >= 15 is 0 Å². The van der Waals surface area contributed by atoms with Gasteiger partial charge in [-0.1, -0.05) is 24.3 Å². The third-order valence-electron chi connectivity index (χ3n) is 3.64. The number of benzene rings is 2. The largest absolute Gasteiger partial charge is 0.435 e. The number of carbonyl (C=O) groups excluding carboxylic acids is 1. The molecule has 24 heavy (non-hydrogen) atoms. The summed E-state index contributed by atoms with van der Waals surface area (Å²) in [6, 6.07) is 13.8.